The topological polar surface area (TPSA) is 103 Å². The number of rotatable bonds is 12. The van der Waals surface area contributed by atoms with Crippen LogP contribution in [0.1, 0.15) is 36.4 Å². The third-order valence-corrected chi connectivity index (χ3v) is 7.65. The molecule has 0 bridgehead atoms. The van der Waals surface area contributed by atoms with Crippen molar-refractivity contribution >= 4 is 41.3 Å². The molecule has 2 rings (SSSR count). The summed E-state index contributed by atoms with van der Waals surface area (Å²) in [6, 6.07) is 1.05. The molecule has 0 saturated carbocycles. The van der Waals surface area contributed by atoms with E-state index in [-0.39, 0.29) is 12.6 Å². The Morgan fingerprint density at radius 1 is 1.43 bits per heavy atom. The molecule has 0 aliphatic carbocycles. The highest BCUT2D eigenvalue weighted by Crippen LogP contribution is 2.33. The van der Waals surface area contributed by atoms with Gasteiger partial charge in [0.05, 0.1) is 5.92 Å². The van der Waals surface area contributed by atoms with Crippen molar-refractivity contribution < 1.29 is 14.6 Å². The van der Waals surface area contributed by atoms with Crippen molar-refractivity contribution in [2.45, 2.75) is 64.5 Å². The number of thiazole rings is 1. The van der Waals surface area contributed by atoms with Crippen LogP contribution in [0.2, 0.25) is 25.7 Å². The minimum absolute atomic E-state index is 0.230. The minimum Gasteiger partial charge on any atom is -0.481 e. The van der Waals surface area contributed by atoms with Gasteiger partial charge in [-0.05, 0) is 45.2 Å². The van der Waals surface area contributed by atoms with Crippen LogP contribution in [0.5, 0.6) is 0 Å². The summed E-state index contributed by atoms with van der Waals surface area (Å²) in [5, 5.41) is 21.8. The number of ether oxygens (including phenoxy) is 1. The molecule has 0 spiro atoms. The van der Waals surface area contributed by atoms with Crippen LogP contribution in [0.15, 0.2) is 10.1 Å². The van der Waals surface area contributed by atoms with Gasteiger partial charge >= 0.3 is 5.97 Å². The number of nitrogens with zero attached hydrogens (tertiary/aromatic N) is 5. The standard InChI is InChI=1S/C17H28BrN5O3SSi/c1-5-6-13(16(24)25)14(9-12-10-19-17(18)27-12)15-20-21-22-23(15)11-26-7-8-28(2,3)4/h10,13-14H,5-9,11H2,1-4H3,(H,24,25)/t13?,14-/m0/s1. The highest BCUT2D eigenvalue weighted by atomic mass is 79.9. The lowest BCUT2D eigenvalue weighted by molar-refractivity contribution is -0.143. The Labute approximate surface area is 178 Å². The maximum absolute atomic E-state index is 12.0. The fourth-order valence-electron chi connectivity index (χ4n) is 2.91. The summed E-state index contributed by atoms with van der Waals surface area (Å²) in [5.41, 5.74) is 0. The van der Waals surface area contributed by atoms with Gasteiger partial charge in [0, 0.05) is 31.7 Å². The van der Waals surface area contributed by atoms with Crippen molar-refractivity contribution in [2.24, 2.45) is 5.92 Å². The van der Waals surface area contributed by atoms with Gasteiger partial charge in [-0.2, -0.15) is 0 Å². The van der Waals surface area contributed by atoms with E-state index in [1.807, 2.05) is 6.92 Å². The molecule has 0 fully saturated rings. The van der Waals surface area contributed by atoms with E-state index in [0.29, 0.717) is 25.3 Å². The monoisotopic (exact) mass is 489 g/mol. The van der Waals surface area contributed by atoms with Gasteiger partial charge in [0.2, 0.25) is 0 Å². The zero-order valence-corrected chi connectivity index (χ0v) is 20.2. The van der Waals surface area contributed by atoms with E-state index in [0.717, 1.165) is 21.3 Å². The number of tetrazole rings is 1. The molecule has 0 radical (unpaired) electrons. The summed E-state index contributed by atoms with van der Waals surface area (Å²) in [5.74, 6) is -1.19. The lowest BCUT2D eigenvalue weighted by atomic mass is 9.85. The van der Waals surface area contributed by atoms with Crippen molar-refractivity contribution in [2.75, 3.05) is 6.61 Å². The average molecular weight is 491 g/mol. The van der Waals surface area contributed by atoms with Crippen LogP contribution in [-0.2, 0) is 22.7 Å². The molecule has 0 saturated heterocycles. The number of carboxylic acid groups (broad SMARTS) is 1. The number of carbonyl (C=O) groups is 1. The van der Waals surface area contributed by atoms with E-state index in [9.17, 15) is 9.90 Å². The van der Waals surface area contributed by atoms with Gasteiger partial charge in [-0.15, -0.1) is 16.4 Å². The molecule has 1 N–H and O–H groups in total. The normalized spacial score (nSPS) is 14.2. The van der Waals surface area contributed by atoms with E-state index in [2.05, 4.69) is 56.1 Å². The molecular weight excluding hydrogens is 462 g/mol. The van der Waals surface area contributed by atoms with Gasteiger partial charge in [0.25, 0.3) is 0 Å². The first-order valence-corrected chi connectivity index (χ1v) is 14.7. The number of hydrogen-bond donors (Lipinski definition) is 1. The molecule has 2 atom stereocenters. The van der Waals surface area contributed by atoms with Crippen LogP contribution in [0.3, 0.4) is 0 Å². The highest BCUT2D eigenvalue weighted by molar-refractivity contribution is 9.11. The van der Waals surface area contributed by atoms with Crippen molar-refractivity contribution in [1.29, 1.82) is 0 Å². The Morgan fingerprint density at radius 2 is 2.18 bits per heavy atom. The number of aromatic nitrogens is 5. The van der Waals surface area contributed by atoms with Crippen LogP contribution < -0.4 is 0 Å². The number of aliphatic carboxylic acids is 1. The maximum Gasteiger partial charge on any atom is 0.307 e. The molecule has 156 valence electrons. The first kappa shape index (κ1) is 23.1. The largest absolute Gasteiger partial charge is 0.481 e. The zero-order valence-electron chi connectivity index (χ0n) is 16.8. The van der Waals surface area contributed by atoms with Crippen molar-refractivity contribution in [3.63, 3.8) is 0 Å². The number of halogens is 1. The molecule has 2 aromatic rings. The summed E-state index contributed by atoms with van der Waals surface area (Å²) in [6.45, 7) is 9.75. The number of carboxylic acids is 1. The van der Waals surface area contributed by atoms with Crippen LogP contribution in [0, 0.1) is 5.92 Å². The lowest BCUT2D eigenvalue weighted by Crippen LogP contribution is -2.27. The summed E-state index contributed by atoms with van der Waals surface area (Å²) in [7, 11) is -1.18. The van der Waals surface area contributed by atoms with Crippen LogP contribution >= 0.6 is 27.3 Å². The van der Waals surface area contributed by atoms with Gasteiger partial charge in [0.1, 0.15) is 6.73 Å². The smallest absolute Gasteiger partial charge is 0.307 e. The summed E-state index contributed by atoms with van der Waals surface area (Å²) in [6.07, 6.45) is 3.62. The molecular formula is C17H28BrN5O3SSi. The molecule has 2 aromatic heterocycles. The third-order valence-electron chi connectivity index (χ3n) is 4.45. The Bertz CT molecular complexity index is 764. The zero-order chi connectivity index (χ0) is 20.7. The molecule has 0 aliphatic rings. The second-order valence-electron chi connectivity index (χ2n) is 8.01. The first-order chi connectivity index (χ1) is 13.2. The summed E-state index contributed by atoms with van der Waals surface area (Å²) in [4.78, 5) is 17.2. The predicted octanol–water partition coefficient (Wildman–Crippen LogP) is 4.03. The quantitative estimate of drug-likeness (QED) is 0.354. The second kappa shape index (κ2) is 10.6. The van der Waals surface area contributed by atoms with Crippen LogP contribution in [-0.4, -0.2) is 50.9 Å². The van der Waals surface area contributed by atoms with Crippen LogP contribution in [0.4, 0.5) is 0 Å². The lowest BCUT2D eigenvalue weighted by Gasteiger charge is -2.22. The average Bonchev–Trinajstić information content (AvgIpc) is 3.22. The fourth-order valence-corrected chi connectivity index (χ4v) is 5.09. The fraction of sp³-hybridized carbons (Fsp3) is 0.706. The van der Waals surface area contributed by atoms with Crippen molar-refractivity contribution in [3.05, 3.63) is 20.8 Å². The minimum atomic E-state index is -1.18. The maximum atomic E-state index is 12.0. The Morgan fingerprint density at radius 3 is 2.75 bits per heavy atom. The SMILES string of the molecule is CCCC(C(=O)O)[C@H](Cc1cnc(Br)s1)c1nnnn1COCC[Si](C)(C)C. The van der Waals surface area contributed by atoms with Crippen LogP contribution in [0.25, 0.3) is 0 Å². The number of hydrogen-bond acceptors (Lipinski definition) is 7. The molecule has 0 amide bonds. The van der Waals surface area contributed by atoms with Gasteiger partial charge in [0.15, 0.2) is 9.74 Å². The summed E-state index contributed by atoms with van der Waals surface area (Å²) < 4.78 is 8.16. The van der Waals surface area contributed by atoms with Gasteiger partial charge in [-0.1, -0.05) is 33.0 Å². The molecule has 2 heterocycles. The highest BCUT2D eigenvalue weighted by Gasteiger charge is 2.33. The third kappa shape index (κ3) is 7.01. The van der Waals surface area contributed by atoms with Gasteiger partial charge < -0.3 is 9.84 Å². The van der Waals surface area contributed by atoms with Crippen molar-refractivity contribution in [3.8, 4) is 0 Å². The second-order valence-corrected chi connectivity index (χ2v) is 16.0. The Hall–Kier alpha value is -1.17. The molecule has 0 aromatic carbocycles. The van der Waals surface area contributed by atoms with E-state index < -0.39 is 20.0 Å². The predicted molar refractivity (Wildman–Crippen MR) is 114 cm³/mol. The summed E-state index contributed by atoms with van der Waals surface area (Å²) >= 11 is 4.87. The van der Waals surface area contributed by atoms with Gasteiger partial charge in [-0.25, -0.2) is 9.67 Å². The van der Waals surface area contributed by atoms with E-state index in [1.54, 1.807) is 10.9 Å². The Balaban J connectivity index is 2.20. The van der Waals surface area contributed by atoms with E-state index in [1.165, 1.54) is 11.3 Å². The Kier molecular flexibility index (Phi) is 8.72. The molecule has 11 heteroatoms. The van der Waals surface area contributed by atoms with Gasteiger partial charge in [-0.3, -0.25) is 4.79 Å². The van der Waals surface area contributed by atoms with E-state index >= 15 is 0 Å². The van der Waals surface area contributed by atoms with E-state index in [4.69, 9.17) is 4.74 Å². The van der Waals surface area contributed by atoms with Crippen molar-refractivity contribution in [1.82, 2.24) is 25.2 Å². The molecule has 1 unspecified atom stereocenters. The molecule has 8 nitrogen and oxygen atoms in total. The molecule has 0 aliphatic heterocycles. The molecule has 28 heavy (non-hydrogen) atoms. The first-order valence-electron chi connectivity index (χ1n) is 9.38.